The van der Waals surface area contributed by atoms with Crippen LogP contribution >= 0.6 is 12.6 Å². The van der Waals surface area contributed by atoms with Gasteiger partial charge in [-0.3, -0.25) is 10.1 Å². The number of nitrogens with zero attached hydrogens (tertiary/aromatic N) is 1. The van der Waals surface area contributed by atoms with E-state index < -0.39 is 17.1 Å². The van der Waals surface area contributed by atoms with Gasteiger partial charge in [0.05, 0.1) is 16.6 Å². The highest BCUT2D eigenvalue weighted by Gasteiger charge is 2.27. The maximum Gasteiger partial charge on any atom is 0.278 e. The smallest absolute Gasteiger partial charge is 0.278 e. The topological polar surface area (TPSA) is 83.6 Å². The molecule has 1 aromatic carbocycles. The standard InChI is InChI=1S/C11H15NO4S/c1-7-3-2-4-8(10(7)12(15)16)11(14)9(13)5-6-17/h2-4,9,11,13-14,17H,5-6H2,1H3. The highest BCUT2D eigenvalue weighted by molar-refractivity contribution is 7.80. The molecule has 1 aromatic rings. The van der Waals surface area contributed by atoms with Gasteiger partial charge < -0.3 is 10.2 Å². The number of nitro benzene ring substituents is 1. The molecule has 0 fully saturated rings. The van der Waals surface area contributed by atoms with Crippen LogP contribution in [-0.2, 0) is 0 Å². The molecule has 0 aliphatic carbocycles. The van der Waals surface area contributed by atoms with Gasteiger partial charge in [-0.05, 0) is 25.2 Å². The van der Waals surface area contributed by atoms with Gasteiger partial charge in [-0.25, -0.2) is 0 Å². The molecule has 2 unspecified atom stereocenters. The van der Waals surface area contributed by atoms with Crippen LogP contribution in [0.3, 0.4) is 0 Å². The summed E-state index contributed by atoms with van der Waals surface area (Å²) in [7, 11) is 0. The normalized spacial score (nSPS) is 14.4. The van der Waals surface area contributed by atoms with Gasteiger partial charge in [0.15, 0.2) is 0 Å². The van der Waals surface area contributed by atoms with Gasteiger partial charge in [-0.15, -0.1) is 0 Å². The number of rotatable bonds is 5. The minimum atomic E-state index is -1.26. The van der Waals surface area contributed by atoms with Crippen molar-refractivity contribution in [1.82, 2.24) is 0 Å². The first-order valence-electron chi connectivity index (χ1n) is 5.20. The molecule has 0 aromatic heterocycles. The zero-order chi connectivity index (χ0) is 13.0. The zero-order valence-corrected chi connectivity index (χ0v) is 10.3. The SMILES string of the molecule is Cc1cccc(C(O)C(O)CCS)c1[N+](=O)[O-]. The fourth-order valence-corrected chi connectivity index (χ4v) is 1.93. The highest BCUT2D eigenvalue weighted by atomic mass is 32.1. The van der Waals surface area contributed by atoms with Gasteiger partial charge in [-0.1, -0.05) is 12.1 Å². The molecule has 2 atom stereocenters. The molecule has 0 aliphatic rings. The van der Waals surface area contributed by atoms with Crippen LogP contribution in [0.5, 0.6) is 0 Å². The predicted octanol–water partition coefficient (Wildman–Crippen LogP) is 1.62. The Bertz CT molecular complexity index is 410. The molecule has 0 saturated heterocycles. The Hall–Kier alpha value is -1.11. The Morgan fingerprint density at radius 2 is 2.12 bits per heavy atom. The lowest BCUT2D eigenvalue weighted by molar-refractivity contribution is -0.386. The van der Waals surface area contributed by atoms with Crippen molar-refractivity contribution >= 4 is 18.3 Å². The molecular weight excluding hydrogens is 242 g/mol. The molecule has 2 N–H and O–H groups in total. The fraction of sp³-hybridized carbons (Fsp3) is 0.455. The Balaban J connectivity index is 3.13. The van der Waals surface area contributed by atoms with Crippen LogP contribution in [0.4, 0.5) is 5.69 Å². The molecule has 0 heterocycles. The van der Waals surface area contributed by atoms with Crippen LogP contribution in [-0.4, -0.2) is 27.0 Å². The van der Waals surface area contributed by atoms with Gasteiger partial charge in [0.25, 0.3) is 5.69 Å². The van der Waals surface area contributed by atoms with E-state index in [1.165, 1.54) is 6.07 Å². The molecule has 17 heavy (non-hydrogen) atoms. The summed E-state index contributed by atoms with van der Waals surface area (Å²) < 4.78 is 0. The summed E-state index contributed by atoms with van der Waals surface area (Å²) in [6.45, 7) is 1.60. The average Bonchev–Trinajstić information content (AvgIpc) is 2.27. The van der Waals surface area contributed by atoms with Gasteiger partial charge in [0.1, 0.15) is 6.10 Å². The third kappa shape index (κ3) is 3.18. The highest BCUT2D eigenvalue weighted by Crippen LogP contribution is 2.30. The van der Waals surface area contributed by atoms with E-state index in [0.29, 0.717) is 11.3 Å². The van der Waals surface area contributed by atoms with Crippen molar-refractivity contribution in [2.45, 2.75) is 25.6 Å². The van der Waals surface area contributed by atoms with Crippen molar-refractivity contribution in [3.8, 4) is 0 Å². The van der Waals surface area contributed by atoms with E-state index in [1.807, 2.05) is 0 Å². The van der Waals surface area contributed by atoms with Crippen LogP contribution in [0.1, 0.15) is 23.7 Å². The largest absolute Gasteiger partial charge is 0.390 e. The molecular formula is C11H15NO4S. The predicted molar refractivity (Wildman–Crippen MR) is 67.3 cm³/mol. The molecule has 0 radical (unpaired) electrons. The number of nitro groups is 1. The quantitative estimate of drug-likeness (QED) is 0.425. The lowest BCUT2D eigenvalue weighted by Crippen LogP contribution is -2.20. The summed E-state index contributed by atoms with van der Waals surface area (Å²) in [5.41, 5.74) is 0.465. The lowest BCUT2D eigenvalue weighted by atomic mass is 9.98. The first-order chi connectivity index (χ1) is 7.99. The van der Waals surface area contributed by atoms with E-state index in [1.54, 1.807) is 19.1 Å². The molecule has 0 saturated carbocycles. The summed E-state index contributed by atoms with van der Waals surface area (Å²) in [5.74, 6) is 0.401. The van der Waals surface area contributed by atoms with Crippen LogP contribution in [0.25, 0.3) is 0 Å². The Labute approximate surface area is 105 Å². The van der Waals surface area contributed by atoms with Crippen molar-refractivity contribution in [3.05, 3.63) is 39.4 Å². The van der Waals surface area contributed by atoms with E-state index in [4.69, 9.17) is 0 Å². The third-order valence-electron chi connectivity index (χ3n) is 2.56. The molecule has 0 amide bonds. The van der Waals surface area contributed by atoms with E-state index in [0.717, 1.165) is 0 Å². The fourth-order valence-electron chi connectivity index (χ4n) is 1.67. The minimum Gasteiger partial charge on any atom is -0.390 e. The second kappa shape index (κ2) is 6.00. The van der Waals surface area contributed by atoms with Crippen LogP contribution in [0.2, 0.25) is 0 Å². The van der Waals surface area contributed by atoms with Crippen LogP contribution in [0.15, 0.2) is 18.2 Å². The van der Waals surface area contributed by atoms with Gasteiger partial charge in [0.2, 0.25) is 0 Å². The minimum absolute atomic E-state index is 0.141. The Morgan fingerprint density at radius 1 is 1.47 bits per heavy atom. The maximum atomic E-state index is 10.9. The zero-order valence-electron chi connectivity index (χ0n) is 9.41. The number of thiol groups is 1. The molecule has 5 nitrogen and oxygen atoms in total. The Kier molecular flexibility index (Phi) is 4.92. The molecule has 0 aliphatic heterocycles. The number of para-hydroxylation sites is 1. The van der Waals surface area contributed by atoms with Gasteiger partial charge >= 0.3 is 0 Å². The number of aliphatic hydroxyl groups excluding tert-OH is 2. The lowest BCUT2D eigenvalue weighted by Gasteiger charge is -2.17. The summed E-state index contributed by atoms with van der Waals surface area (Å²) >= 11 is 3.95. The molecule has 1 rings (SSSR count). The van der Waals surface area contributed by atoms with E-state index in [9.17, 15) is 20.3 Å². The second-order valence-corrected chi connectivity index (χ2v) is 4.24. The van der Waals surface area contributed by atoms with Crippen LogP contribution in [0, 0.1) is 17.0 Å². The monoisotopic (exact) mass is 257 g/mol. The number of hydrogen-bond donors (Lipinski definition) is 3. The number of hydrogen-bond acceptors (Lipinski definition) is 5. The Morgan fingerprint density at radius 3 is 2.65 bits per heavy atom. The van der Waals surface area contributed by atoms with Crippen molar-refractivity contribution in [2.24, 2.45) is 0 Å². The maximum absolute atomic E-state index is 10.9. The average molecular weight is 257 g/mol. The summed E-state index contributed by atoms with van der Waals surface area (Å²) in [6, 6.07) is 4.67. The van der Waals surface area contributed by atoms with Gasteiger partial charge in [-0.2, -0.15) is 12.6 Å². The molecule has 0 spiro atoms. The van der Waals surface area contributed by atoms with Crippen LogP contribution < -0.4 is 0 Å². The third-order valence-corrected chi connectivity index (χ3v) is 2.82. The van der Waals surface area contributed by atoms with Crippen molar-refractivity contribution < 1.29 is 15.1 Å². The number of aryl methyl sites for hydroxylation is 1. The van der Waals surface area contributed by atoms with E-state index in [-0.39, 0.29) is 17.7 Å². The second-order valence-electron chi connectivity index (χ2n) is 3.79. The first kappa shape index (κ1) is 14.0. The molecule has 6 heteroatoms. The summed E-state index contributed by atoms with van der Waals surface area (Å²) in [5, 5.41) is 30.5. The number of aliphatic hydroxyl groups is 2. The number of benzene rings is 1. The van der Waals surface area contributed by atoms with E-state index in [2.05, 4.69) is 12.6 Å². The summed E-state index contributed by atoms with van der Waals surface area (Å²) in [6.07, 6.45) is -2.04. The first-order valence-corrected chi connectivity index (χ1v) is 5.83. The summed E-state index contributed by atoms with van der Waals surface area (Å²) in [4.78, 5) is 10.4. The van der Waals surface area contributed by atoms with Gasteiger partial charge in [0, 0.05) is 5.56 Å². The molecule has 0 bridgehead atoms. The molecule has 94 valence electrons. The van der Waals surface area contributed by atoms with E-state index >= 15 is 0 Å². The van der Waals surface area contributed by atoms with Crippen molar-refractivity contribution in [2.75, 3.05) is 5.75 Å². The van der Waals surface area contributed by atoms with Crippen molar-refractivity contribution in [3.63, 3.8) is 0 Å². The van der Waals surface area contributed by atoms with Crippen molar-refractivity contribution in [1.29, 1.82) is 0 Å².